The first-order valence-corrected chi connectivity index (χ1v) is 17.1. The van der Waals surface area contributed by atoms with Crippen molar-refractivity contribution in [2.24, 2.45) is 5.92 Å². The molecule has 44 heavy (non-hydrogen) atoms. The van der Waals surface area contributed by atoms with E-state index in [1.54, 1.807) is 4.57 Å². The number of halogens is 2. The number of fused-ring (bicyclic) bond motifs is 1. The van der Waals surface area contributed by atoms with Gasteiger partial charge in [-0.3, -0.25) is 14.3 Å². The van der Waals surface area contributed by atoms with Crippen molar-refractivity contribution in [2.75, 3.05) is 52.9 Å². The number of hydrogen-bond acceptors (Lipinski definition) is 5. The minimum atomic E-state index is -1.02. The molecule has 236 valence electrons. The molecule has 0 radical (unpaired) electrons. The Hall–Kier alpha value is -2.67. The van der Waals surface area contributed by atoms with Gasteiger partial charge in [0.1, 0.15) is 0 Å². The van der Waals surface area contributed by atoms with Crippen LogP contribution in [0.4, 0.5) is 4.79 Å². The van der Waals surface area contributed by atoms with Crippen LogP contribution < -0.4 is 5.69 Å². The number of imidazole rings is 1. The average Bonchev–Trinajstić information content (AvgIpc) is 3.37. The Morgan fingerprint density at radius 1 is 0.932 bits per heavy atom. The van der Waals surface area contributed by atoms with E-state index in [4.69, 9.17) is 0 Å². The predicted molar refractivity (Wildman–Crippen MR) is 177 cm³/mol. The molecule has 3 saturated heterocycles. The highest BCUT2D eigenvalue weighted by molar-refractivity contribution is 9.13. The van der Waals surface area contributed by atoms with Gasteiger partial charge in [0.15, 0.2) is 0 Å². The van der Waals surface area contributed by atoms with Gasteiger partial charge >= 0.3 is 11.8 Å². The molecule has 2 N–H and O–H groups in total. The largest absolute Gasteiger partial charge is 0.465 e. The molecule has 3 aliphatic rings. The topological polar surface area (TPSA) is 105 Å². The molecule has 4 heterocycles. The molecule has 3 aliphatic heterocycles. The summed E-state index contributed by atoms with van der Waals surface area (Å²) in [5, 5.41) is 10.3. The maximum atomic E-state index is 14.5. The van der Waals surface area contributed by atoms with Crippen LogP contribution in [0.15, 0.2) is 56.2 Å². The number of piperazine rings is 1. The molecular weight excluding hydrogens is 692 g/mol. The number of nitrogens with zero attached hydrogens (tertiary/aromatic N) is 5. The number of carbonyl (C=O) groups is 2. The number of piperidine rings is 2. The van der Waals surface area contributed by atoms with Gasteiger partial charge in [0.05, 0.1) is 17.0 Å². The van der Waals surface area contributed by atoms with E-state index in [-0.39, 0.29) is 24.2 Å². The third kappa shape index (κ3) is 6.49. The maximum absolute atomic E-state index is 14.5. The lowest BCUT2D eigenvalue weighted by Gasteiger charge is -2.45. The molecular formula is C32H40Br2N6O4. The van der Waals surface area contributed by atoms with E-state index >= 15 is 0 Å². The minimum Gasteiger partial charge on any atom is -0.465 e. The van der Waals surface area contributed by atoms with E-state index in [0.717, 1.165) is 64.6 Å². The van der Waals surface area contributed by atoms with Crippen molar-refractivity contribution in [3.05, 3.63) is 67.5 Å². The van der Waals surface area contributed by atoms with Crippen LogP contribution in [0.1, 0.15) is 37.3 Å². The van der Waals surface area contributed by atoms with Gasteiger partial charge in [0.25, 0.3) is 0 Å². The van der Waals surface area contributed by atoms with Crippen molar-refractivity contribution in [1.82, 2.24) is 29.2 Å². The van der Waals surface area contributed by atoms with Gasteiger partial charge in [-0.2, -0.15) is 0 Å². The Balaban J connectivity index is 1.28. The molecule has 2 amide bonds. The molecule has 0 spiro atoms. The normalized spacial score (nSPS) is 23.2. The second-order valence-corrected chi connectivity index (χ2v) is 14.2. The molecule has 0 bridgehead atoms. The first-order valence-electron chi connectivity index (χ1n) is 15.5. The monoisotopic (exact) mass is 730 g/mol. The fourth-order valence-corrected chi connectivity index (χ4v) is 8.12. The van der Waals surface area contributed by atoms with E-state index in [0.29, 0.717) is 38.4 Å². The van der Waals surface area contributed by atoms with E-state index in [2.05, 4.69) is 53.7 Å². The van der Waals surface area contributed by atoms with Gasteiger partial charge in [-0.15, -0.1) is 0 Å². The lowest BCUT2D eigenvalue weighted by Crippen LogP contribution is -2.57. The van der Waals surface area contributed by atoms with Crippen LogP contribution in [-0.2, 0) is 11.2 Å². The zero-order valence-electron chi connectivity index (χ0n) is 25.0. The molecule has 3 fully saturated rings. The van der Waals surface area contributed by atoms with Crippen molar-refractivity contribution in [3.63, 3.8) is 0 Å². The number of aromatic amines is 1. The van der Waals surface area contributed by atoms with Crippen LogP contribution >= 0.6 is 31.9 Å². The summed E-state index contributed by atoms with van der Waals surface area (Å²) >= 11 is 7.14. The Morgan fingerprint density at radius 3 is 2.34 bits per heavy atom. The number of H-pyrrole nitrogens is 1. The van der Waals surface area contributed by atoms with E-state index in [1.807, 2.05) is 47.4 Å². The van der Waals surface area contributed by atoms with Crippen LogP contribution in [-0.4, -0.2) is 111 Å². The SMILES string of the molecule is CN1CCN(C2CCN(C(=O)C(Cc3ccc(Br)c(Br)c3)[C@H]3CC(n4c(=O)[nH]c5ccccc54)CCN3C(=O)O)CC2)CC1. The Labute approximate surface area is 274 Å². The molecule has 0 saturated carbocycles. The molecule has 2 unspecified atom stereocenters. The first kappa shape index (κ1) is 31.3. The summed E-state index contributed by atoms with van der Waals surface area (Å²) in [6, 6.07) is 13.2. The second-order valence-electron chi connectivity index (χ2n) is 12.5. The number of likely N-dealkylation sites (N-methyl/N-ethyl adjacent to an activating group) is 1. The van der Waals surface area contributed by atoms with E-state index < -0.39 is 18.1 Å². The van der Waals surface area contributed by atoms with Gasteiger partial charge < -0.3 is 24.8 Å². The van der Waals surface area contributed by atoms with Crippen LogP contribution in [0.25, 0.3) is 11.0 Å². The average molecular weight is 733 g/mol. The number of likely N-dealkylation sites (tertiary alicyclic amines) is 2. The molecule has 2 aromatic carbocycles. The summed E-state index contributed by atoms with van der Waals surface area (Å²) < 4.78 is 3.57. The molecule has 0 aliphatic carbocycles. The number of aromatic nitrogens is 2. The van der Waals surface area contributed by atoms with Gasteiger partial charge in [-0.05, 0) is 101 Å². The summed E-state index contributed by atoms with van der Waals surface area (Å²) in [5.74, 6) is -0.577. The van der Waals surface area contributed by atoms with Crippen molar-refractivity contribution in [2.45, 2.75) is 50.2 Å². The van der Waals surface area contributed by atoms with E-state index in [1.165, 1.54) is 4.90 Å². The third-order valence-corrected chi connectivity index (χ3v) is 11.8. The van der Waals surface area contributed by atoms with Crippen molar-refractivity contribution in [3.8, 4) is 0 Å². The van der Waals surface area contributed by atoms with Crippen molar-refractivity contribution in [1.29, 1.82) is 0 Å². The Bertz CT molecular complexity index is 1560. The van der Waals surface area contributed by atoms with Crippen molar-refractivity contribution >= 4 is 54.9 Å². The second kappa shape index (κ2) is 13.4. The van der Waals surface area contributed by atoms with E-state index in [9.17, 15) is 19.5 Å². The lowest BCUT2D eigenvalue weighted by molar-refractivity contribution is -0.140. The molecule has 12 heteroatoms. The zero-order valence-corrected chi connectivity index (χ0v) is 28.2. The molecule has 1 aromatic heterocycles. The molecule has 10 nitrogen and oxygen atoms in total. The standard InChI is InChI=1S/C32H40Br2N6O4/c1-36-14-16-37(17-15-36)22-8-11-38(12-9-22)30(41)24(18-21-6-7-25(33)26(34)19-21)29-20-23(10-13-39(29)32(43)44)40-28-5-3-2-4-27(28)35-31(40)42/h2-7,19,22-24,29H,8-18,20H2,1H3,(H,35,42)(H,43,44)/t23?,24?,29-/m1/s1. The van der Waals surface area contributed by atoms with Crippen LogP contribution in [0, 0.1) is 5.92 Å². The van der Waals surface area contributed by atoms with Gasteiger partial charge in [-0.1, -0.05) is 18.2 Å². The van der Waals surface area contributed by atoms with Crippen molar-refractivity contribution < 1.29 is 14.7 Å². The first-order chi connectivity index (χ1) is 21.2. The van der Waals surface area contributed by atoms with Gasteiger partial charge in [-0.25, -0.2) is 9.59 Å². The smallest absolute Gasteiger partial charge is 0.407 e. The van der Waals surface area contributed by atoms with Crippen LogP contribution in [0.3, 0.4) is 0 Å². The quantitative estimate of drug-likeness (QED) is 0.383. The van der Waals surface area contributed by atoms with Crippen LogP contribution in [0.5, 0.6) is 0 Å². The van der Waals surface area contributed by atoms with Gasteiger partial charge in [0, 0.05) is 72.9 Å². The number of rotatable bonds is 6. The van der Waals surface area contributed by atoms with Gasteiger partial charge in [0.2, 0.25) is 5.91 Å². The highest BCUT2D eigenvalue weighted by Crippen LogP contribution is 2.36. The highest BCUT2D eigenvalue weighted by Gasteiger charge is 2.43. The predicted octanol–water partition coefficient (Wildman–Crippen LogP) is 4.64. The molecule has 3 aromatic rings. The number of carbonyl (C=O) groups excluding carboxylic acids is 1. The Kier molecular flexibility index (Phi) is 9.51. The summed E-state index contributed by atoms with van der Waals surface area (Å²) in [4.78, 5) is 51.6. The number of nitrogens with one attached hydrogen (secondary N) is 1. The zero-order chi connectivity index (χ0) is 31.0. The summed E-state index contributed by atoms with van der Waals surface area (Å²) in [6.45, 7) is 5.84. The number of para-hydroxylation sites is 2. The summed E-state index contributed by atoms with van der Waals surface area (Å²) in [5.41, 5.74) is 2.31. The lowest BCUT2D eigenvalue weighted by atomic mass is 9.82. The molecule has 3 atom stereocenters. The number of hydrogen-bond donors (Lipinski definition) is 2. The number of benzene rings is 2. The minimum absolute atomic E-state index is 0.00374. The highest BCUT2D eigenvalue weighted by atomic mass is 79.9. The van der Waals surface area contributed by atoms with Crippen LogP contribution in [0.2, 0.25) is 0 Å². The Morgan fingerprint density at radius 2 is 1.64 bits per heavy atom. The fraction of sp³-hybridized carbons (Fsp3) is 0.531. The maximum Gasteiger partial charge on any atom is 0.407 e. The third-order valence-electron chi connectivity index (χ3n) is 9.90. The summed E-state index contributed by atoms with van der Waals surface area (Å²) in [7, 11) is 2.16. The number of carboxylic acid groups (broad SMARTS) is 1. The molecule has 6 rings (SSSR count). The number of amides is 2. The summed E-state index contributed by atoms with van der Waals surface area (Å²) in [6.07, 6.45) is 2.13. The fourth-order valence-electron chi connectivity index (χ4n) is 7.45.